The van der Waals surface area contributed by atoms with Gasteiger partial charge in [0, 0.05) is 13.2 Å². The third kappa shape index (κ3) is 2.77. The Morgan fingerprint density at radius 3 is 2.83 bits per heavy atom. The Balaban J connectivity index is 1.93. The summed E-state index contributed by atoms with van der Waals surface area (Å²) in [6.07, 6.45) is 4.39. The number of anilines is 1. The highest BCUT2D eigenvalue weighted by Gasteiger charge is 2.16. The molecule has 3 rings (SSSR count). The number of nitrogens with zero attached hydrogens (tertiary/aromatic N) is 7. The maximum atomic E-state index is 11.7. The Labute approximate surface area is 136 Å². The van der Waals surface area contributed by atoms with Gasteiger partial charge in [-0.15, -0.1) is 10.2 Å². The first-order valence-corrected chi connectivity index (χ1v) is 6.94. The zero-order valence-corrected chi connectivity index (χ0v) is 12.7. The number of hydrogen-bond acceptors (Lipinski definition) is 8. The van der Waals surface area contributed by atoms with Crippen molar-refractivity contribution in [3.05, 3.63) is 42.4 Å². The van der Waals surface area contributed by atoms with Gasteiger partial charge >= 0.3 is 0 Å². The molecule has 0 aliphatic carbocycles. The maximum Gasteiger partial charge on any atom is 0.193 e. The quantitative estimate of drug-likeness (QED) is 0.533. The van der Waals surface area contributed by atoms with E-state index in [2.05, 4.69) is 25.4 Å². The van der Waals surface area contributed by atoms with Crippen molar-refractivity contribution >= 4 is 23.1 Å². The lowest BCUT2D eigenvalue weighted by molar-refractivity contribution is 0.0904. The van der Waals surface area contributed by atoms with Crippen LogP contribution in [0, 0.1) is 0 Å². The van der Waals surface area contributed by atoms with Crippen molar-refractivity contribution in [3.8, 4) is 5.82 Å². The van der Waals surface area contributed by atoms with E-state index in [1.54, 1.807) is 25.4 Å². The Morgan fingerprint density at radius 2 is 2.12 bits per heavy atom. The van der Waals surface area contributed by atoms with Gasteiger partial charge in [-0.1, -0.05) is 6.07 Å². The second-order valence-corrected chi connectivity index (χ2v) is 4.80. The Hall–Kier alpha value is -3.40. The molecule has 0 amide bonds. The molecular formula is C14H14N8O2. The molecule has 3 N–H and O–H groups in total. The SMILES string of the molecule is Cn1ncc(C(=O)CO)c1N=Nc1cnn(-c2ccccn2)c1N. The number of rotatable bonds is 5. The van der Waals surface area contributed by atoms with Crippen LogP contribution in [-0.2, 0) is 7.05 Å². The van der Waals surface area contributed by atoms with Gasteiger partial charge in [-0.25, -0.2) is 9.67 Å². The van der Waals surface area contributed by atoms with E-state index in [0.717, 1.165) is 0 Å². The van der Waals surface area contributed by atoms with Crippen molar-refractivity contribution in [1.29, 1.82) is 0 Å². The van der Waals surface area contributed by atoms with Gasteiger partial charge in [0.2, 0.25) is 0 Å². The molecule has 0 aliphatic heterocycles. The standard InChI is InChI=1S/C14H14N8O2/c1-21-14(9(6-17-21)11(24)8-23)20-19-10-7-18-22(13(10)15)12-4-2-3-5-16-12/h2-7,23H,8,15H2,1H3. The normalized spacial score (nSPS) is 11.2. The summed E-state index contributed by atoms with van der Waals surface area (Å²) in [7, 11) is 1.61. The molecule has 0 atom stereocenters. The molecule has 0 spiro atoms. The molecular weight excluding hydrogens is 312 g/mol. The first-order chi connectivity index (χ1) is 11.6. The molecule has 0 aromatic carbocycles. The van der Waals surface area contributed by atoms with E-state index in [9.17, 15) is 4.79 Å². The lowest BCUT2D eigenvalue weighted by atomic mass is 10.2. The molecule has 3 aromatic heterocycles. The average molecular weight is 326 g/mol. The summed E-state index contributed by atoms with van der Waals surface area (Å²) in [4.78, 5) is 15.8. The summed E-state index contributed by atoms with van der Waals surface area (Å²) < 4.78 is 2.81. The number of azo groups is 1. The van der Waals surface area contributed by atoms with E-state index in [-0.39, 0.29) is 17.2 Å². The lowest BCUT2D eigenvalue weighted by Crippen LogP contribution is -2.03. The minimum Gasteiger partial charge on any atom is -0.388 e. The van der Waals surface area contributed by atoms with Crippen LogP contribution in [0.1, 0.15) is 10.4 Å². The molecule has 0 fully saturated rings. The number of pyridine rings is 1. The first kappa shape index (κ1) is 15.5. The first-order valence-electron chi connectivity index (χ1n) is 6.94. The number of Topliss-reactive ketones (excluding diaryl/α,β-unsaturated/α-hetero) is 1. The van der Waals surface area contributed by atoms with Crippen LogP contribution in [0.4, 0.5) is 17.3 Å². The van der Waals surface area contributed by atoms with Gasteiger partial charge in [-0.05, 0) is 12.1 Å². The Bertz CT molecular complexity index is 897. The summed E-state index contributed by atoms with van der Waals surface area (Å²) >= 11 is 0. The predicted octanol–water partition coefficient (Wildman–Crippen LogP) is 1.17. The molecule has 0 saturated carbocycles. The van der Waals surface area contributed by atoms with Gasteiger partial charge in [0.05, 0.1) is 18.0 Å². The van der Waals surface area contributed by atoms with Crippen LogP contribution in [-0.4, -0.2) is 42.0 Å². The summed E-state index contributed by atoms with van der Waals surface area (Å²) in [5, 5.41) is 25.1. The number of aryl methyl sites for hydroxylation is 1. The van der Waals surface area contributed by atoms with E-state index < -0.39 is 12.4 Å². The van der Waals surface area contributed by atoms with E-state index >= 15 is 0 Å². The number of hydrogen-bond donors (Lipinski definition) is 2. The number of nitrogen functional groups attached to an aromatic ring is 1. The van der Waals surface area contributed by atoms with Crippen molar-refractivity contribution in [2.45, 2.75) is 0 Å². The molecule has 0 saturated heterocycles. The van der Waals surface area contributed by atoms with Crippen LogP contribution in [0.5, 0.6) is 0 Å². The molecule has 10 nitrogen and oxygen atoms in total. The fraction of sp³-hybridized carbons (Fsp3) is 0.143. The van der Waals surface area contributed by atoms with Crippen LogP contribution in [0.25, 0.3) is 5.82 Å². The van der Waals surface area contributed by atoms with Crippen molar-refractivity contribution < 1.29 is 9.90 Å². The molecule has 0 unspecified atom stereocenters. The van der Waals surface area contributed by atoms with Crippen LogP contribution in [0.15, 0.2) is 47.0 Å². The van der Waals surface area contributed by atoms with Crippen molar-refractivity contribution in [2.24, 2.45) is 17.3 Å². The number of carbonyl (C=O) groups is 1. The molecule has 3 aromatic rings. The van der Waals surface area contributed by atoms with Gasteiger partial charge in [0.15, 0.2) is 23.2 Å². The van der Waals surface area contributed by atoms with Crippen LogP contribution >= 0.6 is 0 Å². The summed E-state index contributed by atoms with van der Waals surface area (Å²) in [5.41, 5.74) is 6.52. The summed E-state index contributed by atoms with van der Waals surface area (Å²) in [5.74, 6) is 0.538. The molecule has 122 valence electrons. The smallest absolute Gasteiger partial charge is 0.193 e. The molecule has 0 aliphatic rings. The topological polar surface area (TPSA) is 137 Å². The van der Waals surface area contributed by atoms with Gasteiger partial charge in [0.1, 0.15) is 12.3 Å². The number of aromatic nitrogens is 5. The molecule has 10 heteroatoms. The molecule has 3 heterocycles. The van der Waals surface area contributed by atoms with E-state index in [1.165, 1.54) is 21.8 Å². The zero-order valence-electron chi connectivity index (χ0n) is 12.7. The number of aliphatic hydroxyl groups is 1. The van der Waals surface area contributed by atoms with Gasteiger partial charge in [-0.2, -0.15) is 14.9 Å². The zero-order chi connectivity index (χ0) is 17.1. The fourth-order valence-corrected chi connectivity index (χ4v) is 2.02. The minimum atomic E-state index is -0.631. The second-order valence-electron chi connectivity index (χ2n) is 4.80. The Kier molecular flexibility index (Phi) is 4.12. The van der Waals surface area contributed by atoms with Gasteiger partial charge < -0.3 is 10.8 Å². The van der Waals surface area contributed by atoms with Gasteiger partial charge in [-0.3, -0.25) is 4.79 Å². The van der Waals surface area contributed by atoms with E-state index in [0.29, 0.717) is 11.5 Å². The van der Waals surface area contributed by atoms with Crippen molar-refractivity contribution in [1.82, 2.24) is 24.5 Å². The van der Waals surface area contributed by atoms with E-state index in [4.69, 9.17) is 10.8 Å². The molecule has 0 bridgehead atoms. The molecule has 24 heavy (non-hydrogen) atoms. The highest BCUT2D eigenvalue weighted by atomic mass is 16.3. The lowest BCUT2D eigenvalue weighted by Gasteiger charge is -2.01. The van der Waals surface area contributed by atoms with E-state index in [1.807, 2.05) is 6.07 Å². The minimum absolute atomic E-state index is 0.180. The number of nitrogens with two attached hydrogens (primary N) is 1. The summed E-state index contributed by atoms with van der Waals surface area (Å²) in [6.45, 7) is -0.631. The third-order valence-electron chi connectivity index (χ3n) is 3.26. The van der Waals surface area contributed by atoms with Crippen molar-refractivity contribution in [2.75, 3.05) is 12.3 Å². The van der Waals surface area contributed by atoms with Crippen LogP contribution in [0.3, 0.4) is 0 Å². The average Bonchev–Trinajstić information content (AvgIpc) is 3.16. The number of ketones is 1. The number of carbonyl (C=O) groups excluding carboxylic acids is 1. The largest absolute Gasteiger partial charge is 0.388 e. The summed E-state index contributed by atoms with van der Waals surface area (Å²) in [6, 6.07) is 5.35. The second kappa shape index (κ2) is 6.38. The fourth-order valence-electron chi connectivity index (χ4n) is 2.02. The molecule has 0 radical (unpaired) electrons. The van der Waals surface area contributed by atoms with Crippen LogP contribution in [0.2, 0.25) is 0 Å². The predicted molar refractivity (Wildman–Crippen MR) is 84.6 cm³/mol. The highest BCUT2D eigenvalue weighted by molar-refractivity contribution is 6.00. The number of aliphatic hydroxyl groups excluding tert-OH is 1. The monoisotopic (exact) mass is 326 g/mol. The van der Waals surface area contributed by atoms with Gasteiger partial charge in [0.25, 0.3) is 0 Å². The van der Waals surface area contributed by atoms with Crippen LogP contribution < -0.4 is 5.73 Å². The third-order valence-corrected chi connectivity index (χ3v) is 3.26. The Morgan fingerprint density at radius 1 is 1.29 bits per heavy atom. The maximum absolute atomic E-state index is 11.7. The van der Waals surface area contributed by atoms with Crippen molar-refractivity contribution in [3.63, 3.8) is 0 Å². The highest BCUT2D eigenvalue weighted by Crippen LogP contribution is 2.27.